The molecule has 1 saturated carbocycles. The summed E-state index contributed by atoms with van der Waals surface area (Å²) in [5.41, 5.74) is 1.95. The fourth-order valence-electron chi connectivity index (χ4n) is 4.20. The van der Waals surface area contributed by atoms with Crippen LogP contribution in [0.2, 0.25) is 5.02 Å². The smallest absolute Gasteiger partial charge is 0.260 e. The molecule has 3 unspecified atom stereocenters. The van der Waals surface area contributed by atoms with E-state index in [0.29, 0.717) is 23.2 Å². The quantitative estimate of drug-likeness (QED) is 0.698. The number of likely N-dealkylation sites (N-methyl/N-ethyl adjacent to an activating group) is 1. The van der Waals surface area contributed by atoms with E-state index in [4.69, 9.17) is 11.6 Å². The Kier molecular flexibility index (Phi) is 6.49. The van der Waals surface area contributed by atoms with Crippen LogP contribution in [0.15, 0.2) is 59.5 Å². The molecule has 156 valence electrons. The van der Waals surface area contributed by atoms with Gasteiger partial charge in [0.15, 0.2) is 0 Å². The summed E-state index contributed by atoms with van der Waals surface area (Å²) in [5, 5.41) is 4.02. The first-order valence-electron chi connectivity index (χ1n) is 10.2. The van der Waals surface area contributed by atoms with Crippen LogP contribution in [0.3, 0.4) is 0 Å². The lowest BCUT2D eigenvalue weighted by atomic mass is 9.83. The van der Waals surface area contributed by atoms with Gasteiger partial charge in [0.05, 0.1) is 4.91 Å². The number of rotatable bonds is 4. The van der Waals surface area contributed by atoms with E-state index in [0.717, 1.165) is 28.9 Å². The lowest BCUT2D eigenvalue weighted by molar-refractivity contribution is -0.132. The molecular formula is C24H25ClN2O2S. The Morgan fingerprint density at radius 1 is 1.17 bits per heavy atom. The van der Waals surface area contributed by atoms with Crippen LogP contribution in [-0.4, -0.2) is 35.1 Å². The minimum Gasteiger partial charge on any atom is -0.352 e. The molecule has 0 radical (unpaired) electrons. The summed E-state index contributed by atoms with van der Waals surface area (Å²) in [6.07, 6.45) is 4.43. The lowest BCUT2D eigenvalue weighted by Crippen LogP contribution is -2.52. The Hall–Kier alpha value is -2.24. The molecule has 2 aliphatic rings. The van der Waals surface area contributed by atoms with Crippen LogP contribution < -0.4 is 5.32 Å². The van der Waals surface area contributed by atoms with Gasteiger partial charge >= 0.3 is 0 Å². The average Bonchev–Trinajstić information content (AvgIpc) is 2.77. The van der Waals surface area contributed by atoms with Gasteiger partial charge in [-0.3, -0.25) is 9.59 Å². The summed E-state index contributed by atoms with van der Waals surface area (Å²) in [4.78, 5) is 28.3. The molecule has 2 amide bonds. The number of carbonyl (C=O) groups is 2. The molecule has 2 fully saturated rings. The third-order valence-electron chi connectivity index (χ3n) is 5.94. The van der Waals surface area contributed by atoms with E-state index in [1.807, 2.05) is 72.6 Å². The zero-order valence-electron chi connectivity index (χ0n) is 16.9. The van der Waals surface area contributed by atoms with Crippen LogP contribution in [0.4, 0.5) is 0 Å². The van der Waals surface area contributed by atoms with E-state index < -0.39 is 0 Å². The first-order chi connectivity index (χ1) is 14.5. The van der Waals surface area contributed by atoms with Crippen molar-refractivity contribution in [2.75, 3.05) is 7.05 Å². The molecule has 1 heterocycles. The van der Waals surface area contributed by atoms with Crippen molar-refractivity contribution < 1.29 is 9.59 Å². The number of halogens is 1. The Morgan fingerprint density at radius 3 is 2.67 bits per heavy atom. The van der Waals surface area contributed by atoms with E-state index in [1.165, 1.54) is 0 Å². The molecule has 1 aliphatic carbocycles. The number of benzene rings is 2. The summed E-state index contributed by atoms with van der Waals surface area (Å²) in [5.74, 6) is 0.0105. The van der Waals surface area contributed by atoms with Crippen molar-refractivity contribution in [3.8, 4) is 0 Å². The Labute approximate surface area is 186 Å². The molecule has 1 saturated heterocycles. The third kappa shape index (κ3) is 4.57. The predicted molar refractivity (Wildman–Crippen MR) is 123 cm³/mol. The van der Waals surface area contributed by atoms with Crippen LogP contribution in [-0.2, 0) is 16.1 Å². The number of nitrogens with one attached hydrogen (secondary N) is 1. The largest absolute Gasteiger partial charge is 0.352 e. The highest BCUT2D eigenvalue weighted by atomic mass is 35.5. The first-order valence-corrected chi connectivity index (χ1v) is 11.5. The fourth-order valence-corrected chi connectivity index (χ4v) is 5.89. The number of nitrogens with zero attached hydrogens (tertiary/aromatic N) is 1. The summed E-state index contributed by atoms with van der Waals surface area (Å²) in [6.45, 7) is 0.427. The van der Waals surface area contributed by atoms with Crippen molar-refractivity contribution >= 4 is 41.3 Å². The standard InChI is InChI=1S/C24H25ClN2O2S/c1-27-20-14-17(23(28)26-15-18-9-5-6-10-19(18)25)11-12-21(20)30-22(24(27)29)13-16-7-3-2-4-8-16/h2-10,13,17,20-21H,11-12,14-15H2,1H3,(H,26,28)/b22-13+. The SMILES string of the molecule is CN1C(=O)/C(=C\c2ccccc2)SC2CCC(C(=O)NCc3ccccc3Cl)CC21. The van der Waals surface area contributed by atoms with E-state index >= 15 is 0 Å². The van der Waals surface area contributed by atoms with Gasteiger partial charge in [0.2, 0.25) is 5.91 Å². The van der Waals surface area contributed by atoms with E-state index in [-0.39, 0.29) is 23.8 Å². The second-order valence-electron chi connectivity index (χ2n) is 7.88. The summed E-state index contributed by atoms with van der Waals surface area (Å²) in [6, 6.07) is 17.6. The maximum absolute atomic E-state index is 12.9. The summed E-state index contributed by atoms with van der Waals surface area (Å²) in [7, 11) is 1.86. The fraction of sp³-hybridized carbons (Fsp3) is 0.333. The maximum Gasteiger partial charge on any atom is 0.260 e. The number of hydrogen-bond acceptors (Lipinski definition) is 3. The number of carbonyl (C=O) groups excluding carboxylic acids is 2. The number of thioether (sulfide) groups is 1. The molecule has 30 heavy (non-hydrogen) atoms. The molecule has 1 N–H and O–H groups in total. The minimum atomic E-state index is -0.0794. The van der Waals surface area contributed by atoms with Crippen molar-refractivity contribution in [2.45, 2.75) is 37.1 Å². The lowest BCUT2D eigenvalue weighted by Gasteiger charge is -2.44. The number of amides is 2. The molecular weight excluding hydrogens is 416 g/mol. The number of hydrogen-bond donors (Lipinski definition) is 1. The highest BCUT2D eigenvalue weighted by molar-refractivity contribution is 8.04. The van der Waals surface area contributed by atoms with Crippen molar-refractivity contribution in [2.24, 2.45) is 5.92 Å². The highest BCUT2D eigenvalue weighted by Crippen LogP contribution is 2.43. The van der Waals surface area contributed by atoms with Gasteiger partial charge in [-0.2, -0.15) is 0 Å². The molecule has 4 rings (SSSR count). The molecule has 0 spiro atoms. The van der Waals surface area contributed by atoms with Crippen LogP contribution in [0.5, 0.6) is 0 Å². The van der Waals surface area contributed by atoms with Gasteiger partial charge in [0.25, 0.3) is 5.91 Å². The van der Waals surface area contributed by atoms with Gasteiger partial charge in [-0.05, 0) is 42.5 Å². The minimum absolute atomic E-state index is 0.0437. The van der Waals surface area contributed by atoms with Crippen molar-refractivity contribution in [1.82, 2.24) is 10.2 Å². The average molecular weight is 441 g/mol. The maximum atomic E-state index is 12.9. The van der Waals surface area contributed by atoms with Gasteiger partial charge in [0.1, 0.15) is 0 Å². The molecule has 3 atom stereocenters. The third-order valence-corrected chi connectivity index (χ3v) is 7.71. The van der Waals surface area contributed by atoms with E-state index in [2.05, 4.69) is 5.32 Å². The zero-order chi connectivity index (χ0) is 21.1. The molecule has 1 aliphatic heterocycles. The van der Waals surface area contributed by atoms with Crippen molar-refractivity contribution in [3.05, 3.63) is 75.7 Å². The normalized spacial score (nSPS) is 25.1. The van der Waals surface area contributed by atoms with Crippen LogP contribution in [0.25, 0.3) is 6.08 Å². The van der Waals surface area contributed by atoms with Gasteiger partial charge in [-0.1, -0.05) is 60.1 Å². The van der Waals surface area contributed by atoms with Gasteiger partial charge in [0, 0.05) is 35.8 Å². The number of fused-ring (bicyclic) bond motifs is 1. The zero-order valence-corrected chi connectivity index (χ0v) is 18.5. The Morgan fingerprint density at radius 2 is 1.90 bits per heavy atom. The van der Waals surface area contributed by atoms with E-state index in [1.54, 1.807) is 11.8 Å². The summed E-state index contributed by atoms with van der Waals surface area (Å²) >= 11 is 7.86. The first kappa shape index (κ1) is 21.0. The molecule has 0 bridgehead atoms. The Balaban J connectivity index is 1.40. The van der Waals surface area contributed by atoms with Crippen LogP contribution in [0.1, 0.15) is 30.4 Å². The van der Waals surface area contributed by atoms with Gasteiger partial charge < -0.3 is 10.2 Å². The van der Waals surface area contributed by atoms with Crippen LogP contribution in [0, 0.1) is 5.92 Å². The van der Waals surface area contributed by atoms with Crippen LogP contribution >= 0.6 is 23.4 Å². The molecule has 0 aromatic heterocycles. The second-order valence-corrected chi connectivity index (χ2v) is 9.57. The van der Waals surface area contributed by atoms with E-state index in [9.17, 15) is 9.59 Å². The highest BCUT2D eigenvalue weighted by Gasteiger charge is 2.42. The molecule has 4 nitrogen and oxygen atoms in total. The Bertz CT molecular complexity index is 963. The molecule has 6 heteroatoms. The summed E-state index contributed by atoms with van der Waals surface area (Å²) < 4.78 is 0. The topological polar surface area (TPSA) is 49.4 Å². The van der Waals surface area contributed by atoms with Gasteiger partial charge in [-0.25, -0.2) is 0 Å². The molecule has 2 aromatic rings. The van der Waals surface area contributed by atoms with Gasteiger partial charge in [-0.15, -0.1) is 11.8 Å². The molecule has 2 aromatic carbocycles. The second kappa shape index (κ2) is 9.27. The monoisotopic (exact) mass is 440 g/mol. The van der Waals surface area contributed by atoms with Crippen molar-refractivity contribution in [1.29, 1.82) is 0 Å². The predicted octanol–water partition coefficient (Wildman–Crippen LogP) is 4.74. The van der Waals surface area contributed by atoms with Crippen molar-refractivity contribution in [3.63, 3.8) is 0 Å².